The van der Waals surface area contributed by atoms with Gasteiger partial charge in [0.1, 0.15) is 0 Å². The summed E-state index contributed by atoms with van der Waals surface area (Å²) >= 11 is 1.63. The van der Waals surface area contributed by atoms with Gasteiger partial charge < -0.3 is 9.88 Å². The van der Waals surface area contributed by atoms with Gasteiger partial charge in [-0.1, -0.05) is 6.08 Å². The SMILES string of the molecule is Cc1nc(CCn2cncc2C2=CCC(Nc3ccc(C#N)c(C(F)(F)F)c3)C2)cs1. The first-order chi connectivity index (χ1) is 14.8. The molecule has 0 saturated carbocycles. The monoisotopic (exact) mass is 443 g/mol. The quantitative estimate of drug-likeness (QED) is 0.551. The van der Waals surface area contributed by atoms with Crippen molar-refractivity contribution in [2.75, 3.05) is 5.32 Å². The maximum Gasteiger partial charge on any atom is 0.417 e. The molecule has 0 amide bonds. The van der Waals surface area contributed by atoms with Crippen molar-refractivity contribution >= 4 is 22.6 Å². The largest absolute Gasteiger partial charge is 0.417 e. The van der Waals surface area contributed by atoms with Gasteiger partial charge >= 0.3 is 6.18 Å². The van der Waals surface area contributed by atoms with E-state index in [0.717, 1.165) is 41.0 Å². The molecule has 3 aromatic rings. The Morgan fingerprint density at radius 1 is 1.35 bits per heavy atom. The number of hydrogen-bond acceptors (Lipinski definition) is 5. The molecule has 1 atom stereocenters. The van der Waals surface area contributed by atoms with Crippen molar-refractivity contribution in [2.45, 2.75) is 44.9 Å². The second-order valence-corrected chi connectivity index (χ2v) is 8.52. The van der Waals surface area contributed by atoms with Crippen molar-refractivity contribution in [1.29, 1.82) is 5.26 Å². The molecule has 0 spiro atoms. The van der Waals surface area contributed by atoms with Gasteiger partial charge in [-0.3, -0.25) is 0 Å². The van der Waals surface area contributed by atoms with Crippen molar-refractivity contribution in [3.05, 3.63) is 69.7 Å². The van der Waals surface area contributed by atoms with Gasteiger partial charge in [0.25, 0.3) is 0 Å². The highest BCUT2D eigenvalue weighted by Crippen LogP contribution is 2.35. The minimum atomic E-state index is -4.57. The molecule has 4 rings (SSSR count). The van der Waals surface area contributed by atoms with Crippen LogP contribution in [-0.2, 0) is 19.1 Å². The fourth-order valence-electron chi connectivity index (χ4n) is 3.76. The molecule has 1 unspecified atom stereocenters. The van der Waals surface area contributed by atoms with Gasteiger partial charge in [-0.25, -0.2) is 9.97 Å². The van der Waals surface area contributed by atoms with Crippen molar-refractivity contribution < 1.29 is 13.2 Å². The van der Waals surface area contributed by atoms with E-state index in [0.29, 0.717) is 18.5 Å². The maximum atomic E-state index is 13.2. The normalized spacial score (nSPS) is 16.2. The molecule has 1 aromatic carbocycles. The number of thiazole rings is 1. The van der Waals surface area contributed by atoms with Crippen molar-refractivity contribution in [2.24, 2.45) is 0 Å². The third kappa shape index (κ3) is 4.80. The third-order valence-electron chi connectivity index (χ3n) is 5.25. The van der Waals surface area contributed by atoms with Crippen LogP contribution in [0.2, 0.25) is 0 Å². The summed E-state index contributed by atoms with van der Waals surface area (Å²) < 4.78 is 41.7. The number of halogens is 3. The summed E-state index contributed by atoms with van der Waals surface area (Å²) in [5.74, 6) is 0. The fraction of sp³-hybridized carbons (Fsp3) is 0.318. The number of nitrogens with one attached hydrogen (secondary N) is 1. The highest BCUT2D eigenvalue weighted by atomic mass is 32.1. The fourth-order valence-corrected chi connectivity index (χ4v) is 4.41. The van der Waals surface area contributed by atoms with Gasteiger partial charge in [0.05, 0.1) is 46.1 Å². The Balaban J connectivity index is 1.41. The summed E-state index contributed by atoms with van der Waals surface area (Å²) in [6.45, 7) is 2.75. The van der Waals surface area contributed by atoms with Gasteiger partial charge in [0.15, 0.2) is 0 Å². The minimum absolute atomic E-state index is 0.0199. The number of alkyl halides is 3. The number of aromatic nitrogens is 3. The van der Waals surface area contributed by atoms with Crippen LogP contribution in [0, 0.1) is 18.3 Å². The molecule has 1 N–H and O–H groups in total. The van der Waals surface area contributed by atoms with E-state index in [2.05, 4.69) is 31.3 Å². The second kappa shape index (κ2) is 8.55. The van der Waals surface area contributed by atoms with E-state index in [4.69, 9.17) is 5.26 Å². The van der Waals surface area contributed by atoms with E-state index in [1.54, 1.807) is 23.7 Å². The molecule has 0 radical (unpaired) electrons. The predicted molar refractivity (Wildman–Crippen MR) is 114 cm³/mol. The first kappa shape index (κ1) is 21.1. The Labute approximate surface area is 181 Å². The van der Waals surface area contributed by atoms with E-state index in [9.17, 15) is 13.2 Å². The topological polar surface area (TPSA) is 66.5 Å². The number of nitrogens with zero attached hydrogens (tertiary/aromatic N) is 4. The summed E-state index contributed by atoms with van der Waals surface area (Å²) in [5.41, 5.74) is 2.27. The Morgan fingerprint density at radius 3 is 2.90 bits per heavy atom. The second-order valence-electron chi connectivity index (χ2n) is 7.46. The van der Waals surface area contributed by atoms with Crippen LogP contribution in [0.5, 0.6) is 0 Å². The lowest BCUT2D eigenvalue weighted by Gasteiger charge is -2.17. The van der Waals surface area contributed by atoms with E-state index < -0.39 is 11.7 Å². The molecule has 1 aliphatic carbocycles. The van der Waals surface area contributed by atoms with Crippen LogP contribution in [-0.4, -0.2) is 20.6 Å². The zero-order valence-corrected chi connectivity index (χ0v) is 17.6. The Kier molecular flexibility index (Phi) is 5.83. The van der Waals surface area contributed by atoms with Crippen LogP contribution in [0.25, 0.3) is 5.57 Å². The highest BCUT2D eigenvalue weighted by molar-refractivity contribution is 7.09. The Morgan fingerprint density at radius 2 is 2.19 bits per heavy atom. The Bertz CT molecular complexity index is 1150. The first-order valence-corrected chi connectivity index (χ1v) is 10.7. The highest BCUT2D eigenvalue weighted by Gasteiger charge is 2.34. The number of benzene rings is 1. The molecule has 1 aliphatic rings. The molecule has 0 bridgehead atoms. The average Bonchev–Trinajstić information content (AvgIpc) is 3.46. The standard InChI is InChI=1S/C22H20F3N5S/c1-14-28-19(12-31-14)6-7-30-13-27-11-21(30)15-2-4-17(8-15)29-18-5-3-16(10-26)20(9-18)22(23,24)25/h2-3,5,9,11-13,17,29H,4,6-8H2,1H3. The summed E-state index contributed by atoms with van der Waals surface area (Å²) in [4.78, 5) is 8.77. The average molecular weight is 443 g/mol. The lowest BCUT2D eigenvalue weighted by molar-refractivity contribution is -0.137. The zero-order valence-electron chi connectivity index (χ0n) is 16.8. The van der Waals surface area contributed by atoms with Gasteiger partial charge in [-0.2, -0.15) is 18.4 Å². The molecule has 160 valence electrons. The van der Waals surface area contributed by atoms with Crippen LogP contribution >= 0.6 is 11.3 Å². The summed E-state index contributed by atoms with van der Waals surface area (Å²) in [7, 11) is 0. The number of imidazole rings is 1. The number of rotatable bonds is 6. The van der Waals surface area contributed by atoms with E-state index in [1.165, 1.54) is 12.1 Å². The smallest absolute Gasteiger partial charge is 0.382 e. The van der Waals surface area contributed by atoms with E-state index in [-0.39, 0.29) is 11.6 Å². The molecule has 2 heterocycles. The van der Waals surface area contributed by atoms with Gasteiger partial charge in [-0.05, 0) is 43.5 Å². The Hall–Kier alpha value is -3.12. The third-order valence-corrected chi connectivity index (χ3v) is 6.07. The van der Waals surface area contributed by atoms with Crippen LogP contribution in [0.15, 0.2) is 42.2 Å². The van der Waals surface area contributed by atoms with Crippen molar-refractivity contribution in [3.63, 3.8) is 0 Å². The molecule has 2 aromatic heterocycles. The molecular formula is C22H20F3N5S. The minimum Gasteiger partial charge on any atom is -0.382 e. The van der Waals surface area contributed by atoms with Crippen LogP contribution in [0.3, 0.4) is 0 Å². The van der Waals surface area contributed by atoms with E-state index >= 15 is 0 Å². The zero-order chi connectivity index (χ0) is 22.0. The van der Waals surface area contributed by atoms with Crippen LogP contribution in [0.4, 0.5) is 18.9 Å². The molecular weight excluding hydrogens is 423 g/mol. The maximum absolute atomic E-state index is 13.2. The number of anilines is 1. The van der Waals surface area contributed by atoms with Gasteiger partial charge in [-0.15, -0.1) is 11.3 Å². The molecule has 31 heavy (non-hydrogen) atoms. The number of hydrogen-bond donors (Lipinski definition) is 1. The van der Waals surface area contributed by atoms with Crippen LogP contribution < -0.4 is 5.32 Å². The van der Waals surface area contributed by atoms with E-state index in [1.807, 2.05) is 13.1 Å². The van der Waals surface area contributed by atoms with Crippen molar-refractivity contribution in [3.8, 4) is 6.07 Å². The van der Waals surface area contributed by atoms with Gasteiger partial charge in [0.2, 0.25) is 0 Å². The summed E-state index contributed by atoms with van der Waals surface area (Å²) in [6, 6.07) is 5.33. The van der Waals surface area contributed by atoms with Gasteiger partial charge in [0, 0.05) is 30.1 Å². The molecule has 9 heteroatoms. The lowest BCUT2D eigenvalue weighted by Crippen LogP contribution is -2.17. The summed E-state index contributed by atoms with van der Waals surface area (Å²) in [5, 5.41) is 15.2. The predicted octanol–water partition coefficient (Wildman–Crippen LogP) is 5.44. The van der Waals surface area contributed by atoms with Crippen LogP contribution in [0.1, 0.15) is 40.4 Å². The molecule has 5 nitrogen and oxygen atoms in total. The number of aryl methyl sites for hydroxylation is 3. The summed E-state index contributed by atoms with van der Waals surface area (Å²) in [6.07, 6.45) is 3.36. The first-order valence-electron chi connectivity index (χ1n) is 9.82. The molecule has 0 saturated heterocycles. The number of nitriles is 1. The van der Waals surface area contributed by atoms with Crippen molar-refractivity contribution in [1.82, 2.24) is 14.5 Å². The molecule has 0 fully saturated rings. The lowest BCUT2D eigenvalue weighted by atomic mass is 10.1. The molecule has 0 aliphatic heterocycles.